The standard InChI is InChI=1S/C11H18N4/c1-8-9(2)14-15-11(13-8)12-7-3-4-10-5-6-10/h10H,3-7H2,1-2H3,(H,12,13,15). The van der Waals surface area contributed by atoms with Crippen LogP contribution in [-0.2, 0) is 0 Å². The number of aromatic nitrogens is 3. The fourth-order valence-electron chi connectivity index (χ4n) is 1.53. The molecular formula is C11H18N4. The van der Waals surface area contributed by atoms with Gasteiger partial charge in [-0.05, 0) is 32.6 Å². The number of aryl methyl sites for hydroxylation is 2. The second-order valence-electron chi connectivity index (χ2n) is 4.32. The van der Waals surface area contributed by atoms with Crippen molar-refractivity contribution in [2.45, 2.75) is 39.5 Å². The lowest BCUT2D eigenvalue weighted by molar-refractivity contribution is 0.683. The van der Waals surface area contributed by atoms with Crippen molar-refractivity contribution < 1.29 is 0 Å². The van der Waals surface area contributed by atoms with Gasteiger partial charge in [-0.1, -0.05) is 12.8 Å². The van der Waals surface area contributed by atoms with Gasteiger partial charge in [-0.25, -0.2) is 4.98 Å². The van der Waals surface area contributed by atoms with E-state index in [9.17, 15) is 0 Å². The lowest BCUT2D eigenvalue weighted by Crippen LogP contribution is -2.08. The van der Waals surface area contributed by atoms with Crippen LogP contribution >= 0.6 is 0 Å². The normalized spacial score (nSPS) is 15.3. The molecule has 1 aliphatic rings. The van der Waals surface area contributed by atoms with Crippen molar-refractivity contribution in [3.8, 4) is 0 Å². The smallest absolute Gasteiger partial charge is 0.242 e. The van der Waals surface area contributed by atoms with Crippen LogP contribution in [0.1, 0.15) is 37.1 Å². The van der Waals surface area contributed by atoms with E-state index in [0.29, 0.717) is 5.95 Å². The second-order valence-corrected chi connectivity index (χ2v) is 4.32. The molecule has 4 nitrogen and oxygen atoms in total. The van der Waals surface area contributed by atoms with Gasteiger partial charge in [0.25, 0.3) is 0 Å². The molecule has 0 aromatic carbocycles. The molecule has 4 heteroatoms. The molecule has 1 heterocycles. The Morgan fingerprint density at radius 3 is 2.67 bits per heavy atom. The average molecular weight is 206 g/mol. The minimum absolute atomic E-state index is 0.661. The maximum atomic E-state index is 4.32. The van der Waals surface area contributed by atoms with Gasteiger partial charge in [0.1, 0.15) is 0 Å². The van der Waals surface area contributed by atoms with Crippen molar-refractivity contribution >= 4 is 5.95 Å². The van der Waals surface area contributed by atoms with Crippen LogP contribution in [0, 0.1) is 19.8 Å². The van der Waals surface area contributed by atoms with Crippen molar-refractivity contribution in [3.05, 3.63) is 11.4 Å². The molecule has 0 atom stereocenters. The molecule has 0 saturated heterocycles. The van der Waals surface area contributed by atoms with Crippen LogP contribution in [0.25, 0.3) is 0 Å². The first-order valence-corrected chi connectivity index (χ1v) is 5.67. The summed E-state index contributed by atoms with van der Waals surface area (Å²) >= 11 is 0. The van der Waals surface area contributed by atoms with E-state index in [4.69, 9.17) is 0 Å². The number of rotatable bonds is 5. The fraction of sp³-hybridized carbons (Fsp3) is 0.727. The van der Waals surface area contributed by atoms with Gasteiger partial charge in [0.2, 0.25) is 5.95 Å². The van der Waals surface area contributed by atoms with Crippen LogP contribution in [0.3, 0.4) is 0 Å². The second kappa shape index (κ2) is 4.55. The van der Waals surface area contributed by atoms with Gasteiger partial charge in [-0.3, -0.25) is 0 Å². The topological polar surface area (TPSA) is 50.7 Å². The Balaban J connectivity index is 1.74. The predicted molar refractivity (Wildman–Crippen MR) is 59.7 cm³/mol. The molecule has 1 aromatic rings. The first-order valence-electron chi connectivity index (χ1n) is 5.67. The summed E-state index contributed by atoms with van der Waals surface area (Å²) in [5.74, 6) is 1.67. The molecule has 2 rings (SSSR count). The number of nitrogens with zero attached hydrogens (tertiary/aromatic N) is 3. The van der Waals surface area contributed by atoms with E-state index < -0.39 is 0 Å². The summed E-state index contributed by atoms with van der Waals surface area (Å²) in [6, 6.07) is 0. The minimum Gasteiger partial charge on any atom is -0.353 e. The Hall–Kier alpha value is -1.19. The highest BCUT2D eigenvalue weighted by molar-refractivity contribution is 5.24. The fourth-order valence-corrected chi connectivity index (χ4v) is 1.53. The van der Waals surface area contributed by atoms with E-state index in [0.717, 1.165) is 23.9 Å². The van der Waals surface area contributed by atoms with Gasteiger partial charge in [-0.15, -0.1) is 5.10 Å². The lowest BCUT2D eigenvalue weighted by Gasteiger charge is -2.04. The zero-order valence-corrected chi connectivity index (χ0v) is 9.45. The molecular weight excluding hydrogens is 188 g/mol. The van der Waals surface area contributed by atoms with E-state index in [2.05, 4.69) is 20.5 Å². The maximum absolute atomic E-state index is 4.32. The van der Waals surface area contributed by atoms with Gasteiger partial charge in [-0.2, -0.15) is 5.10 Å². The number of anilines is 1. The monoisotopic (exact) mass is 206 g/mol. The summed E-state index contributed by atoms with van der Waals surface area (Å²) in [7, 11) is 0. The molecule has 82 valence electrons. The quantitative estimate of drug-likeness (QED) is 0.749. The zero-order valence-electron chi connectivity index (χ0n) is 9.45. The van der Waals surface area contributed by atoms with E-state index in [1.165, 1.54) is 25.7 Å². The van der Waals surface area contributed by atoms with E-state index >= 15 is 0 Å². The van der Waals surface area contributed by atoms with Gasteiger partial charge in [0.15, 0.2) is 0 Å². The van der Waals surface area contributed by atoms with Crippen molar-refractivity contribution in [1.82, 2.24) is 15.2 Å². The molecule has 1 aromatic heterocycles. The van der Waals surface area contributed by atoms with Crippen molar-refractivity contribution in [2.75, 3.05) is 11.9 Å². The van der Waals surface area contributed by atoms with Gasteiger partial charge >= 0.3 is 0 Å². The van der Waals surface area contributed by atoms with Crippen LogP contribution in [0.4, 0.5) is 5.95 Å². The van der Waals surface area contributed by atoms with Crippen LogP contribution in [0.2, 0.25) is 0 Å². The Labute approximate surface area is 90.5 Å². The molecule has 1 N–H and O–H groups in total. The molecule has 15 heavy (non-hydrogen) atoms. The highest BCUT2D eigenvalue weighted by atomic mass is 15.2. The minimum atomic E-state index is 0.661. The predicted octanol–water partition coefficient (Wildman–Crippen LogP) is 2.09. The van der Waals surface area contributed by atoms with Crippen LogP contribution in [-0.4, -0.2) is 21.7 Å². The third kappa shape index (κ3) is 3.15. The molecule has 0 amide bonds. The van der Waals surface area contributed by atoms with Gasteiger partial charge < -0.3 is 5.32 Å². The van der Waals surface area contributed by atoms with E-state index in [-0.39, 0.29) is 0 Å². The number of nitrogens with one attached hydrogen (secondary N) is 1. The lowest BCUT2D eigenvalue weighted by atomic mass is 10.2. The van der Waals surface area contributed by atoms with Crippen LogP contribution < -0.4 is 5.32 Å². The molecule has 0 aliphatic heterocycles. The Bertz CT molecular complexity index is 333. The van der Waals surface area contributed by atoms with Crippen LogP contribution in [0.5, 0.6) is 0 Å². The zero-order chi connectivity index (χ0) is 10.7. The SMILES string of the molecule is Cc1nnc(NCCCC2CC2)nc1C. The maximum Gasteiger partial charge on any atom is 0.242 e. The molecule has 0 unspecified atom stereocenters. The van der Waals surface area contributed by atoms with Crippen molar-refractivity contribution in [2.24, 2.45) is 5.92 Å². The molecule has 0 spiro atoms. The summed E-state index contributed by atoms with van der Waals surface area (Å²) in [5.41, 5.74) is 1.85. The third-order valence-corrected chi connectivity index (χ3v) is 2.86. The molecule has 0 radical (unpaired) electrons. The molecule has 1 aliphatic carbocycles. The van der Waals surface area contributed by atoms with Crippen molar-refractivity contribution in [3.63, 3.8) is 0 Å². The molecule has 1 saturated carbocycles. The highest BCUT2D eigenvalue weighted by Crippen LogP contribution is 2.33. The average Bonchev–Trinajstić information content (AvgIpc) is 3.02. The first kappa shape index (κ1) is 10.3. The summed E-state index contributed by atoms with van der Waals surface area (Å²) in [5, 5.41) is 11.2. The third-order valence-electron chi connectivity index (χ3n) is 2.86. The van der Waals surface area contributed by atoms with Crippen molar-refractivity contribution in [1.29, 1.82) is 0 Å². The highest BCUT2D eigenvalue weighted by Gasteiger charge is 2.19. The van der Waals surface area contributed by atoms with Gasteiger partial charge in [0, 0.05) is 6.54 Å². The molecule has 1 fully saturated rings. The number of hydrogen-bond acceptors (Lipinski definition) is 4. The largest absolute Gasteiger partial charge is 0.353 e. The molecule has 0 bridgehead atoms. The van der Waals surface area contributed by atoms with E-state index in [1.54, 1.807) is 0 Å². The Kier molecular flexibility index (Phi) is 3.14. The Morgan fingerprint density at radius 1 is 1.20 bits per heavy atom. The van der Waals surface area contributed by atoms with E-state index in [1.807, 2.05) is 13.8 Å². The summed E-state index contributed by atoms with van der Waals surface area (Å²) in [6.07, 6.45) is 5.41. The summed E-state index contributed by atoms with van der Waals surface area (Å²) in [4.78, 5) is 4.32. The van der Waals surface area contributed by atoms with Crippen LogP contribution in [0.15, 0.2) is 0 Å². The van der Waals surface area contributed by atoms with Gasteiger partial charge in [0.05, 0.1) is 11.4 Å². The Morgan fingerprint density at radius 2 is 2.00 bits per heavy atom. The summed E-state index contributed by atoms with van der Waals surface area (Å²) in [6.45, 7) is 4.84. The number of hydrogen-bond donors (Lipinski definition) is 1. The summed E-state index contributed by atoms with van der Waals surface area (Å²) < 4.78 is 0. The first-order chi connectivity index (χ1) is 7.25.